The molecule has 0 aromatic carbocycles. The molecule has 72 valence electrons. The maximum absolute atomic E-state index is 10.5. The molecule has 1 atom stereocenters. The normalized spacial score (nSPS) is 12.2. The molecule has 1 unspecified atom stereocenters. The van der Waals surface area contributed by atoms with Gasteiger partial charge in [0.15, 0.2) is 0 Å². The number of ether oxygens (including phenoxy) is 3. The van der Waals surface area contributed by atoms with E-state index in [0.717, 1.165) is 0 Å². The van der Waals surface area contributed by atoms with Crippen LogP contribution in [0.4, 0.5) is 4.79 Å². The van der Waals surface area contributed by atoms with Gasteiger partial charge in [-0.3, -0.25) is 0 Å². The second kappa shape index (κ2) is 6.91. The smallest absolute Gasteiger partial charge is 0.438 e. The van der Waals surface area contributed by atoms with E-state index in [1.807, 2.05) is 13.8 Å². The lowest BCUT2D eigenvalue weighted by Gasteiger charge is -2.10. The molecule has 4 nitrogen and oxygen atoms in total. The molecule has 12 heavy (non-hydrogen) atoms. The molecule has 0 aliphatic heterocycles. The van der Waals surface area contributed by atoms with Crippen molar-refractivity contribution in [2.45, 2.75) is 26.4 Å². The minimum atomic E-state index is -0.640. The largest absolute Gasteiger partial charge is 0.507 e. The van der Waals surface area contributed by atoms with Gasteiger partial charge in [-0.2, -0.15) is 0 Å². The Bertz CT molecular complexity index is 124. The molecule has 0 saturated heterocycles. The summed E-state index contributed by atoms with van der Waals surface area (Å²) >= 11 is 0. The van der Waals surface area contributed by atoms with Crippen molar-refractivity contribution in [3.8, 4) is 0 Å². The van der Waals surface area contributed by atoms with Gasteiger partial charge in [0.25, 0.3) is 0 Å². The van der Waals surface area contributed by atoms with E-state index in [-0.39, 0.29) is 6.10 Å². The van der Waals surface area contributed by atoms with Gasteiger partial charge in [-0.1, -0.05) is 0 Å². The monoisotopic (exact) mass is 176 g/mol. The van der Waals surface area contributed by atoms with Crippen LogP contribution in [0.1, 0.15) is 20.3 Å². The van der Waals surface area contributed by atoms with Crippen molar-refractivity contribution < 1.29 is 19.0 Å². The highest BCUT2D eigenvalue weighted by Gasteiger charge is 2.03. The van der Waals surface area contributed by atoms with Crippen molar-refractivity contribution in [3.05, 3.63) is 0 Å². The topological polar surface area (TPSA) is 44.8 Å². The average Bonchev–Trinajstić information content (AvgIpc) is 2.04. The third kappa shape index (κ3) is 5.97. The number of rotatable bonds is 5. The van der Waals surface area contributed by atoms with Crippen molar-refractivity contribution in [2.75, 3.05) is 20.3 Å². The van der Waals surface area contributed by atoms with Crippen LogP contribution in [0.5, 0.6) is 0 Å². The zero-order valence-electron chi connectivity index (χ0n) is 7.83. The van der Waals surface area contributed by atoms with E-state index in [2.05, 4.69) is 9.47 Å². The van der Waals surface area contributed by atoms with Crippen molar-refractivity contribution in [2.24, 2.45) is 0 Å². The third-order valence-corrected chi connectivity index (χ3v) is 1.36. The highest BCUT2D eigenvalue weighted by molar-refractivity contribution is 5.59. The van der Waals surface area contributed by atoms with E-state index >= 15 is 0 Å². The van der Waals surface area contributed by atoms with E-state index in [9.17, 15) is 4.79 Å². The van der Waals surface area contributed by atoms with Crippen LogP contribution < -0.4 is 0 Å². The summed E-state index contributed by atoms with van der Waals surface area (Å²) in [6.07, 6.45) is 0.182. The van der Waals surface area contributed by atoms with Crippen LogP contribution in [0.15, 0.2) is 0 Å². The Morgan fingerprint density at radius 3 is 2.67 bits per heavy atom. The number of hydrogen-bond acceptors (Lipinski definition) is 4. The van der Waals surface area contributed by atoms with Crippen LogP contribution in [-0.2, 0) is 14.2 Å². The maximum Gasteiger partial charge on any atom is 0.507 e. The van der Waals surface area contributed by atoms with E-state index in [0.29, 0.717) is 19.6 Å². The molecule has 0 heterocycles. The average molecular weight is 176 g/mol. The van der Waals surface area contributed by atoms with Crippen LogP contribution in [0.3, 0.4) is 0 Å². The number of carbonyl (C=O) groups excluding carboxylic acids is 1. The summed E-state index contributed by atoms with van der Waals surface area (Å²) in [5.41, 5.74) is 0. The number of carbonyl (C=O) groups is 1. The van der Waals surface area contributed by atoms with E-state index in [4.69, 9.17) is 4.74 Å². The van der Waals surface area contributed by atoms with Gasteiger partial charge < -0.3 is 14.2 Å². The minimum absolute atomic E-state index is 0.125. The first-order valence-electron chi connectivity index (χ1n) is 4.03. The Morgan fingerprint density at radius 2 is 2.17 bits per heavy atom. The van der Waals surface area contributed by atoms with Crippen molar-refractivity contribution in [1.29, 1.82) is 0 Å². The standard InChI is InChI=1S/C8H16O4/c1-4-11-7(2)5-6-12-8(9)10-3/h7H,4-6H2,1-3H3. The summed E-state index contributed by atoms with van der Waals surface area (Å²) in [5.74, 6) is 0. The molecule has 0 aliphatic carbocycles. The van der Waals surface area contributed by atoms with E-state index < -0.39 is 6.16 Å². The van der Waals surface area contributed by atoms with Crippen LogP contribution in [0.2, 0.25) is 0 Å². The van der Waals surface area contributed by atoms with E-state index in [1.54, 1.807) is 0 Å². The van der Waals surface area contributed by atoms with Crippen molar-refractivity contribution >= 4 is 6.16 Å². The first-order valence-corrected chi connectivity index (χ1v) is 4.03. The minimum Gasteiger partial charge on any atom is -0.438 e. The summed E-state index contributed by atoms with van der Waals surface area (Å²) < 4.78 is 14.2. The first-order chi connectivity index (χ1) is 5.70. The number of hydrogen-bond donors (Lipinski definition) is 0. The van der Waals surface area contributed by atoms with Crippen molar-refractivity contribution in [1.82, 2.24) is 0 Å². The molecule has 0 rings (SSSR count). The molecule has 0 radical (unpaired) electrons. The van der Waals surface area contributed by atoms with Crippen LogP contribution in [0.25, 0.3) is 0 Å². The fraction of sp³-hybridized carbons (Fsp3) is 0.875. The molecule has 0 N–H and O–H groups in total. The molecule has 0 aliphatic rings. The fourth-order valence-corrected chi connectivity index (χ4v) is 0.735. The zero-order chi connectivity index (χ0) is 9.40. The second-order valence-electron chi connectivity index (χ2n) is 2.36. The fourth-order valence-electron chi connectivity index (χ4n) is 0.735. The molecule has 4 heteroatoms. The van der Waals surface area contributed by atoms with E-state index in [1.165, 1.54) is 7.11 Å². The molecular formula is C8H16O4. The predicted octanol–water partition coefficient (Wildman–Crippen LogP) is 1.58. The Hall–Kier alpha value is -0.770. The molecular weight excluding hydrogens is 160 g/mol. The van der Waals surface area contributed by atoms with Gasteiger partial charge >= 0.3 is 6.16 Å². The highest BCUT2D eigenvalue weighted by Crippen LogP contribution is 1.97. The molecule has 0 saturated carbocycles. The summed E-state index contributed by atoms with van der Waals surface area (Å²) in [4.78, 5) is 10.5. The summed E-state index contributed by atoms with van der Waals surface area (Å²) in [7, 11) is 1.29. The van der Waals surface area contributed by atoms with Gasteiger partial charge in [0.2, 0.25) is 0 Å². The van der Waals surface area contributed by atoms with Gasteiger partial charge in [-0.05, 0) is 13.8 Å². The Labute approximate surface area is 72.8 Å². The van der Waals surface area contributed by atoms with Gasteiger partial charge in [0, 0.05) is 13.0 Å². The summed E-state index contributed by atoms with van der Waals surface area (Å²) in [6.45, 7) is 4.88. The summed E-state index contributed by atoms with van der Waals surface area (Å²) in [6, 6.07) is 0. The number of methoxy groups -OCH3 is 1. The quantitative estimate of drug-likeness (QED) is 0.596. The van der Waals surface area contributed by atoms with Gasteiger partial charge in [-0.15, -0.1) is 0 Å². The highest BCUT2D eigenvalue weighted by atomic mass is 16.7. The molecule has 0 fully saturated rings. The summed E-state index contributed by atoms with van der Waals surface area (Å²) in [5, 5.41) is 0. The van der Waals surface area contributed by atoms with Crippen LogP contribution in [-0.4, -0.2) is 32.6 Å². The Kier molecular flexibility index (Phi) is 6.47. The molecule has 0 aromatic rings. The van der Waals surface area contributed by atoms with Crippen molar-refractivity contribution in [3.63, 3.8) is 0 Å². The van der Waals surface area contributed by atoms with Crippen LogP contribution in [0, 0.1) is 0 Å². The van der Waals surface area contributed by atoms with Gasteiger partial charge in [-0.25, -0.2) is 4.79 Å². The predicted molar refractivity (Wildman–Crippen MR) is 44.1 cm³/mol. The molecule has 0 spiro atoms. The lowest BCUT2D eigenvalue weighted by Crippen LogP contribution is -2.13. The maximum atomic E-state index is 10.5. The molecule has 0 aromatic heterocycles. The lowest BCUT2D eigenvalue weighted by molar-refractivity contribution is 0.0340. The zero-order valence-corrected chi connectivity index (χ0v) is 7.83. The SMILES string of the molecule is CCOC(C)CCOC(=O)OC. The van der Waals surface area contributed by atoms with Crippen LogP contribution >= 0.6 is 0 Å². The first kappa shape index (κ1) is 11.2. The Balaban J connectivity index is 3.24. The lowest BCUT2D eigenvalue weighted by atomic mass is 10.3. The van der Waals surface area contributed by atoms with Gasteiger partial charge in [0.05, 0.1) is 19.8 Å². The Morgan fingerprint density at radius 1 is 1.50 bits per heavy atom. The molecule has 0 amide bonds. The second-order valence-corrected chi connectivity index (χ2v) is 2.36. The third-order valence-electron chi connectivity index (χ3n) is 1.36. The molecule has 0 bridgehead atoms. The van der Waals surface area contributed by atoms with Gasteiger partial charge in [0.1, 0.15) is 0 Å².